The number of carbonyl (C=O) groups is 1. The number of hydrogen-bond donors (Lipinski definition) is 0. The third-order valence-corrected chi connectivity index (χ3v) is 2.76. The van der Waals surface area contributed by atoms with Crippen molar-refractivity contribution in [3.63, 3.8) is 0 Å². The van der Waals surface area contributed by atoms with E-state index in [4.69, 9.17) is 4.42 Å². The zero-order valence-corrected chi connectivity index (χ0v) is 9.69. The molecule has 0 spiro atoms. The first kappa shape index (κ1) is 12.0. The lowest BCUT2D eigenvalue weighted by molar-refractivity contribution is 0.0875. The summed E-state index contributed by atoms with van der Waals surface area (Å²) < 4.78 is 5.08. The van der Waals surface area contributed by atoms with Gasteiger partial charge in [0.1, 0.15) is 0 Å². The van der Waals surface area contributed by atoms with E-state index in [1.165, 1.54) is 6.26 Å². The van der Waals surface area contributed by atoms with Crippen LogP contribution in [0.1, 0.15) is 37.7 Å². The number of nitrogens with zero attached hydrogens (tertiary/aromatic N) is 1. The Bertz CT molecular complexity index is 293. The molecule has 1 rings (SSSR count). The Morgan fingerprint density at radius 3 is 2.73 bits per heavy atom. The van der Waals surface area contributed by atoms with Gasteiger partial charge in [-0.1, -0.05) is 13.8 Å². The summed E-state index contributed by atoms with van der Waals surface area (Å²) in [4.78, 5) is 13.9. The van der Waals surface area contributed by atoms with E-state index in [1.54, 1.807) is 12.1 Å². The number of furan rings is 1. The second-order valence-corrected chi connectivity index (χ2v) is 3.72. The molecule has 1 aromatic heterocycles. The lowest BCUT2D eigenvalue weighted by atomic mass is 10.2. The Kier molecular flexibility index (Phi) is 4.56. The van der Waals surface area contributed by atoms with Crippen molar-refractivity contribution in [3.8, 4) is 0 Å². The van der Waals surface area contributed by atoms with E-state index in [0.29, 0.717) is 18.3 Å². The summed E-state index contributed by atoms with van der Waals surface area (Å²) in [6, 6.07) is 3.90. The van der Waals surface area contributed by atoms with E-state index in [9.17, 15) is 4.79 Å². The maximum Gasteiger partial charge on any atom is 0.211 e. The van der Waals surface area contributed by atoms with Crippen molar-refractivity contribution in [1.29, 1.82) is 0 Å². The van der Waals surface area contributed by atoms with Gasteiger partial charge in [0.05, 0.1) is 12.8 Å². The SMILES string of the molecule is CCC(C)N(CC)CC(=O)c1ccco1. The molecule has 1 aromatic rings. The van der Waals surface area contributed by atoms with Crippen LogP contribution in [0, 0.1) is 0 Å². The molecule has 0 fully saturated rings. The van der Waals surface area contributed by atoms with Gasteiger partial charge in [-0.05, 0) is 32.0 Å². The largest absolute Gasteiger partial charge is 0.461 e. The van der Waals surface area contributed by atoms with Gasteiger partial charge in [-0.3, -0.25) is 9.69 Å². The number of hydrogen-bond acceptors (Lipinski definition) is 3. The first-order valence-electron chi connectivity index (χ1n) is 5.49. The predicted octanol–water partition coefficient (Wildman–Crippen LogP) is 2.58. The number of ketones is 1. The number of Topliss-reactive ketones (excluding diaryl/α,β-unsaturated/α-hetero) is 1. The summed E-state index contributed by atoms with van der Waals surface area (Å²) >= 11 is 0. The molecule has 84 valence electrons. The van der Waals surface area contributed by atoms with Crippen LogP contribution in [-0.2, 0) is 0 Å². The third-order valence-electron chi connectivity index (χ3n) is 2.76. The summed E-state index contributed by atoms with van der Waals surface area (Å²) in [6.45, 7) is 7.67. The molecule has 0 aliphatic carbocycles. The van der Waals surface area contributed by atoms with E-state index < -0.39 is 0 Å². The Balaban J connectivity index is 2.56. The van der Waals surface area contributed by atoms with Crippen LogP contribution >= 0.6 is 0 Å². The molecule has 1 unspecified atom stereocenters. The van der Waals surface area contributed by atoms with Gasteiger partial charge in [0, 0.05) is 6.04 Å². The summed E-state index contributed by atoms with van der Waals surface area (Å²) in [7, 11) is 0. The molecule has 1 heterocycles. The molecule has 0 aliphatic heterocycles. The maximum absolute atomic E-state index is 11.8. The zero-order valence-electron chi connectivity index (χ0n) is 9.69. The molecule has 0 saturated heterocycles. The van der Waals surface area contributed by atoms with E-state index in [0.717, 1.165) is 13.0 Å². The molecular formula is C12H19NO2. The van der Waals surface area contributed by atoms with Crippen LogP contribution in [0.4, 0.5) is 0 Å². The maximum atomic E-state index is 11.8. The van der Waals surface area contributed by atoms with Crippen molar-refractivity contribution in [2.75, 3.05) is 13.1 Å². The van der Waals surface area contributed by atoms with Crippen molar-refractivity contribution < 1.29 is 9.21 Å². The first-order chi connectivity index (χ1) is 7.19. The lowest BCUT2D eigenvalue weighted by Gasteiger charge is -2.25. The van der Waals surface area contributed by atoms with Gasteiger partial charge < -0.3 is 4.42 Å². The highest BCUT2D eigenvalue weighted by Crippen LogP contribution is 2.07. The molecule has 0 aromatic carbocycles. The fourth-order valence-electron chi connectivity index (χ4n) is 1.54. The average molecular weight is 209 g/mol. The summed E-state index contributed by atoms with van der Waals surface area (Å²) in [5.74, 6) is 0.513. The summed E-state index contributed by atoms with van der Waals surface area (Å²) in [5, 5.41) is 0. The molecule has 3 heteroatoms. The Morgan fingerprint density at radius 2 is 2.27 bits per heavy atom. The fourth-order valence-corrected chi connectivity index (χ4v) is 1.54. The molecule has 0 N–H and O–H groups in total. The molecule has 0 saturated carbocycles. The second-order valence-electron chi connectivity index (χ2n) is 3.72. The van der Waals surface area contributed by atoms with Crippen LogP contribution in [0.5, 0.6) is 0 Å². The van der Waals surface area contributed by atoms with Crippen molar-refractivity contribution in [2.45, 2.75) is 33.2 Å². The minimum atomic E-state index is 0.0575. The van der Waals surface area contributed by atoms with Gasteiger partial charge in [-0.25, -0.2) is 0 Å². The number of rotatable bonds is 6. The van der Waals surface area contributed by atoms with Crippen LogP contribution in [0.25, 0.3) is 0 Å². The van der Waals surface area contributed by atoms with Gasteiger partial charge in [0.15, 0.2) is 5.76 Å². The van der Waals surface area contributed by atoms with Crippen LogP contribution in [0.3, 0.4) is 0 Å². The van der Waals surface area contributed by atoms with Crippen LogP contribution < -0.4 is 0 Å². The molecule has 1 atom stereocenters. The topological polar surface area (TPSA) is 33.5 Å². The summed E-state index contributed by atoms with van der Waals surface area (Å²) in [5.41, 5.74) is 0. The highest BCUT2D eigenvalue weighted by atomic mass is 16.3. The van der Waals surface area contributed by atoms with Gasteiger partial charge in [-0.2, -0.15) is 0 Å². The lowest BCUT2D eigenvalue weighted by Crippen LogP contribution is -2.36. The van der Waals surface area contributed by atoms with E-state index in [2.05, 4.69) is 25.7 Å². The number of likely N-dealkylation sites (N-methyl/N-ethyl adjacent to an activating group) is 1. The molecule has 0 bridgehead atoms. The smallest absolute Gasteiger partial charge is 0.211 e. The van der Waals surface area contributed by atoms with Crippen molar-refractivity contribution in [3.05, 3.63) is 24.2 Å². The highest BCUT2D eigenvalue weighted by Gasteiger charge is 2.16. The van der Waals surface area contributed by atoms with Crippen molar-refractivity contribution in [1.82, 2.24) is 4.90 Å². The van der Waals surface area contributed by atoms with E-state index in [-0.39, 0.29) is 5.78 Å². The van der Waals surface area contributed by atoms with Crippen molar-refractivity contribution in [2.24, 2.45) is 0 Å². The van der Waals surface area contributed by atoms with Gasteiger partial charge in [0.25, 0.3) is 0 Å². The molecule has 0 amide bonds. The minimum Gasteiger partial charge on any atom is -0.461 e. The van der Waals surface area contributed by atoms with Gasteiger partial charge >= 0.3 is 0 Å². The number of carbonyl (C=O) groups excluding carboxylic acids is 1. The highest BCUT2D eigenvalue weighted by molar-refractivity contribution is 5.95. The zero-order chi connectivity index (χ0) is 11.3. The predicted molar refractivity (Wildman–Crippen MR) is 60.0 cm³/mol. The molecule has 3 nitrogen and oxygen atoms in total. The normalized spacial score (nSPS) is 13.1. The first-order valence-corrected chi connectivity index (χ1v) is 5.49. The Labute approximate surface area is 91.1 Å². The minimum absolute atomic E-state index is 0.0575. The third kappa shape index (κ3) is 3.20. The van der Waals surface area contributed by atoms with Gasteiger partial charge in [0.2, 0.25) is 5.78 Å². The fraction of sp³-hybridized carbons (Fsp3) is 0.583. The van der Waals surface area contributed by atoms with Crippen LogP contribution in [0.2, 0.25) is 0 Å². The molecule has 15 heavy (non-hydrogen) atoms. The molecule has 0 radical (unpaired) electrons. The second kappa shape index (κ2) is 5.71. The quantitative estimate of drug-likeness (QED) is 0.675. The average Bonchev–Trinajstić information content (AvgIpc) is 2.77. The Hall–Kier alpha value is -1.09. The summed E-state index contributed by atoms with van der Waals surface area (Å²) in [6.07, 6.45) is 2.59. The van der Waals surface area contributed by atoms with Crippen molar-refractivity contribution >= 4 is 5.78 Å². The Morgan fingerprint density at radius 1 is 1.53 bits per heavy atom. The van der Waals surface area contributed by atoms with Crippen LogP contribution in [-0.4, -0.2) is 29.8 Å². The van der Waals surface area contributed by atoms with Gasteiger partial charge in [-0.15, -0.1) is 0 Å². The molecule has 0 aliphatic rings. The standard InChI is InChI=1S/C12H19NO2/c1-4-10(3)13(5-2)9-11(14)12-7-6-8-15-12/h6-8,10H,4-5,9H2,1-3H3. The monoisotopic (exact) mass is 209 g/mol. The molecular weight excluding hydrogens is 190 g/mol. The van der Waals surface area contributed by atoms with E-state index >= 15 is 0 Å². The van der Waals surface area contributed by atoms with E-state index in [1.807, 2.05) is 0 Å². The van der Waals surface area contributed by atoms with Crippen LogP contribution in [0.15, 0.2) is 22.8 Å².